The minimum atomic E-state index is 0.473. The summed E-state index contributed by atoms with van der Waals surface area (Å²) in [6.07, 6.45) is 2.65. The van der Waals surface area contributed by atoms with Crippen LogP contribution in [0.4, 0.5) is 0 Å². The van der Waals surface area contributed by atoms with Gasteiger partial charge in [-0.05, 0) is 49.9 Å². The molecule has 1 aliphatic rings. The molecule has 1 aromatic rings. The van der Waals surface area contributed by atoms with Crippen LogP contribution in [-0.2, 0) is 0 Å². The maximum Gasteiger partial charge on any atom is 0.161 e. The number of hydrogen-bond acceptors (Lipinski definition) is 3. The van der Waals surface area contributed by atoms with Crippen LogP contribution in [0.25, 0.3) is 0 Å². The van der Waals surface area contributed by atoms with Gasteiger partial charge in [-0.3, -0.25) is 0 Å². The first kappa shape index (κ1) is 13.2. The fourth-order valence-electron chi connectivity index (χ4n) is 2.20. The van der Waals surface area contributed by atoms with Crippen LogP contribution in [0, 0.1) is 12.8 Å². The first-order valence-corrected chi connectivity index (χ1v) is 6.75. The summed E-state index contributed by atoms with van der Waals surface area (Å²) in [7, 11) is 1.68. The van der Waals surface area contributed by atoms with Gasteiger partial charge in [0.25, 0.3) is 0 Å². The van der Waals surface area contributed by atoms with Crippen molar-refractivity contribution in [3.63, 3.8) is 0 Å². The Morgan fingerprint density at radius 1 is 1.33 bits per heavy atom. The number of likely N-dealkylation sites (N-methyl/N-ethyl adjacent to an activating group) is 1. The van der Waals surface area contributed by atoms with Crippen LogP contribution in [0.15, 0.2) is 18.2 Å². The second-order valence-electron chi connectivity index (χ2n) is 4.97. The van der Waals surface area contributed by atoms with E-state index in [1.165, 1.54) is 18.4 Å². The maximum absolute atomic E-state index is 5.91. The van der Waals surface area contributed by atoms with E-state index in [-0.39, 0.29) is 0 Å². The number of hydrogen-bond donors (Lipinski definition) is 1. The molecule has 1 unspecified atom stereocenters. The summed E-state index contributed by atoms with van der Waals surface area (Å²) in [5, 5.41) is 3.50. The zero-order valence-corrected chi connectivity index (χ0v) is 11.5. The van der Waals surface area contributed by atoms with Crippen molar-refractivity contribution in [1.82, 2.24) is 5.32 Å². The van der Waals surface area contributed by atoms with E-state index in [2.05, 4.69) is 25.2 Å². The Morgan fingerprint density at radius 2 is 2.11 bits per heavy atom. The molecule has 3 heteroatoms. The molecule has 0 aliphatic heterocycles. The molecule has 1 atom stereocenters. The summed E-state index contributed by atoms with van der Waals surface area (Å²) in [6, 6.07) is 6.52. The molecule has 0 amide bonds. The van der Waals surface area contributed by atoms with Gasteiger partial charge in [-0.2, -0.15) is 0 Å². The predicted molar refractivity (Wildman–Crippen MR) is 73.4 cm³/mol. The Labute approximate surface area is 109 Å². The van der Waals surface area contributed by atoms with Crippen molar-refractivity contribution < 1.29 is 9.47 Å². The molecule has 1 aromatic carbocycles. The van der Waals surface area contributed by atoms with Gasteiger partial charge >= 0.3 is 0 Å². The molecular formula is C15H23NO2. The van der Waals surface area contributed by atoms with Gasteiger partial charge in [0.15, 0.2) is 11.5 Å². The second kappa shape index (κ2) is 6.10. The molecule has 1 fully saturated rings. The minimum Gasteiger partial charge on any atom is -0.493 e. The molecule has 0 spiro atoms. The Bertz CT molecular complexity index is 388. The van der Waals surface area contributed by atoms with Crippen molar-refractivity contribution in [2.24, 2.45) is 5.92 Å². The molecule has 100 valence electrons. The van der Waals surface area contributed by atoms with Crippen LogP contribution >= 0.6 is 0 Å². The summed E-state index contributed by atoms with van der Waals surface area (Å²) in [5.74, 6) is 2.45. The second-order valence-corrected chi connectivity index (χ2v) is 4.97. The van der Waals surface area contributed by atoms with E-state index >= 15 is 0 Å². The van der Waals surface area contributed by atoms with Crippen molar-refractivity contribution in [2.45, 2.75) is 32.7 Å². The standard InChI is InChI=1S/C15H23NO2/c1-4-16-13(12-6-7-12)10-18-14-8-5-11(2)9-15(14)17-3/h5,8-9,12-13,16H,4,6-7,10H2,1-3H3. The first-order chi connectivity index (χ1) is 8.74. The van der Waals surface area contributed by atoms with Crippen LogP contribution in [0.2, 0.25) is 0 Å². The molecule has 1 N–H and O–H groups in total. The monoisotopic (exact) mass is 249 g/mol. The number of nitrogens with one attached hydrogen (secondary N) is 1. The zero-order valence-electron chi connectivity index (χ0n) is 11.5. The van der Waals surface area contributed by atoms with Gasteiger partial charge in [0.1, 0.15) is 6.61 Å². The first-order valence-electron chi connectivity index (χ1n) is 6.75. The maximum atomic E-state index is 5.91. The largest absolute Gasteiger partial charge is 0.493 e. The van der Waals surface area contributed by atoms with E-state index < -0.39 is 0 Å². The molecule has 18 heavy (non-hydrogen) atoms. The highest BCUT2D eigenvalue weighted by atomic mass is 16.5. The van der Waals surface area contributed by atoms with E-state index in [1.54, 1.807) is 7.11 Å². The van der Waals surface area contributed by atoms with Crippen molar-refractivity contribution in [1.29, 1.82) is 0 Å². The van der Waals surface area contributed by atoms with Crippen LogP contribution in [0.3, 0.4) is 0 Å². The molecule has 3 nitrogen and oxygen atoms in total. The molecule has 0 radical (unpaired) electrons. The number of benzene rings is 1. The molecule has 0 bridgehead atoms. The lowest BCUT2D eigenvalue weighted by molar-refractivity contribution is 0.240. The quantitative estimate of drug-likeness (QED) is 0.806. The number of aryl methyl sites for hydroxylation is 1. The average Bonchev–Trinajstić information content (AvgIpc) is 3.19. The van der Waals surface area contributed by atoms with Gasteiger partial charge in [-0.1, -0.05) is 13.0 Å². The topological polar surface area (TPSA) is 30.5 Å². The lowest BCUT2D eigenvalue weighted by Crippen LogP contribution is -2.36. The third-order valence-corrected chi connectivity index (χ3v) is 3.39. The lowest BCUT2D eigenvalue weighted by atomic mass is 10.2. The molecule has 1 aliphatic carbocycles. The van der Waals surface area contributed by atoms with Crippen molar-refractivity contribution >= 4 is 0 Å². The number of ether oxygens (including phenoxy) is 2. The molecular weight excluding hydrogens is 226 g/mol. The van der Waals surface area contributed by atoms with Gasteiger partial charge < -0.3 is 14.8 Å². The van der Waals surface area contributed by atoms with Crippen molar-refractivity contribution in [3.05, 3.63) is 23.8 Å². The lowest BCUT2D eigenvalue weighted by Gasteiger charge is -2.19. The number of rotatable bonds is 7. The van der Waals surface area contributed by atoms with Gasteiger partial charge in [0.05, 0.1) is 7.11 Å². The van der Waals surface area contributed by atoms with Gasteiger partial charge in [-0.15, -0.1) is 0 Å². The van der Waals surface area contributed by atoms with E-state index in [0.717, 1.165) is 30.6 Å². The highest BCUT2D eigenvalue weighted by Crippen LogP contribution is 2.34. The fourth-order valence-corrected chi connectivity index (χ4v) is 2.20. The zero-order chi connectivity index (χ0) is 13.0. The molecule has 0 aromatic heterocycles. The fraction of sp³-hybridized carbons (Fsp3) is 0.600. The molecule has 0 saturated heterocycles. The van der Waals surface area contributed by atoms with Crippen LogP contribution in [0.1, 0.15) is 25.3 Å². The van der Waals surface area contributed by atoms with E-state index in [4.69, 9.17) is 9.47 Å². The Balaban J connectivity index is 1.95. The Hall–Kier alpha value is -1.22. The van der Waals surface area contributed by atoms with Gasteiger partial charge in [0, 0.05) is 6.04 Å². The highest BCUT2D eigenvalue weighted by Gasteiger charge is 2.31. The predicted octanol–water partition coefficient (Wildman–Crippen LogP) is 2.77. The average molecular weight is 249 g/mol. The van der Waals surface area contributed by atoms with Crippen LogP contribution in [-0.4, -0.2) is 26.3 Å². The van der Waals surface area contributed by atoms with E-state index in [1.807, 2.05) is 12.1 Å². The Kier molecular flexibility index (Phi) is 4.48. The Morgan fingerprint density at radius 3 is 2.72 bits per heavy atom. The summed E-state index contributed by atoms with van der Waals surface area (Å²) in [5.41, 5.74) is 1.18. The molecule has 1 saturated carbocycles. The summed E-state index contributed by atoms with van der Waals surface area (Å²) < 4.78 is 11.3. The van der Waals surface area contributed by atoms with Crippen molar-refractivity contribution in [3.8, 4) is 11.5 Å². The van der Waals surface area contributed by atoms with Crippen molar-refractivity contribution in [2.75, 3.05) is 20.3 Å². The van der Waals surface area contributed by atoms with E-state index in [0.29, 0.717) is 6.04 Å². The minimum absolute atomic E-state index is 0.473. The van der Waals surface area contributed by atoms with Crippen LogP contribution in [0.5, 0.6) is 11.5 Å². The van der Waals surface area contributed by atoms with Gasteiger partial charge in [0.2, 0.25) is 0 Å². The van der Waals surface area contributed by atoms with Crippen LogP contribution < -0.4 is 14.8 Å². The van der Waals surface area contributed by atoms with Gasteiger partial charge in [-0.25, -0.2) is 0 Å². The molecule has 0 heterocycles. The van der Waals surface area contributed by atoms with E-state index in [9.17, 15) is 0 Å². The summed E-state index contributed by atoms with van der Waals surface area (Å²) >= 11 is 0. The third kappa shape index (κ3) is 3.39. The summed E-state index contributed by atoms with van der Waals surface area (Å²) in [6.45, 7) is 5.91. The SMILES string of the molecule is CCNC(COc1ccc(C)cc1OC)C1CC1. The summed E-state index contributed by atoms with van der Waals surface area (Å²) in [4.78, 5) is 0. The third-order valence-electron chi connectivity index (χ3n) is 3.39. The highest BCUT2D eigenvalue weighted by molar-refractivity contribution is 5.42. The normalized spacial score (nSPS) is 16.4. The molecule has 2 rings (SSSR count). The number of methoxy groups -OCH3 is 1. The smallest absolute Gasteiger partial charge is 0.161 e.